The van der Waals surface area contributed by atoms with E-state index in [0.717, 1.165) is 0 Å². The summed E-state index contributed by atoms with van der Waals surface area (Å²) in [6, 6.07) is 8.71. The van der Waals surface area contributed by atoms with Gasteiger partial charge in [0.1, 0.15) is 5.75 Å². The van der Waals surface area contributed by atoms with Crippen molar-refractivity contribution >= 4 is 51.2 Å². The fraction of sp³-hybridized carbons (Fsp3) is 0. The van der Waals surface area contributed by atoms with Crippen molar-refractivity contribution in [2.45, 2.75) is 0 Å². The molecule has 0 radical (unpaired) electrons. The average molecular weight is 166 g/mol. The van der Waals surface area contributed by atoms with Crippen molar-refractivity contribution in [3.05, 3.63) is 30.3 Å². The second kappa shape index (κ2) is 6.75. The molecule has 0 atom stereocenters. The summed E-state index contributed by atoms with van der Waals surface area (Å²) < 4.78 is 0. The SMILES string of the molecule is Oc1ccccc1.[Ca+2].[S-2]. The van der Waals surface area contributed by atoms with E-state index >= 15 is 0 Å². The molecule has 0 saturated carbocycles. The van der Waals surface area contributed by atoms with E-state index in [9.17, 15) is 0 Å². The Morgan fingerprint density at radius 1 is 1.00 bits per heavy atom. The molecule has 1 nitrogen and oxygen atoms in total. The Morgan fingerprint density at radius 3 is 1.67 bits per heavy atom. The van der Waals surface area contributed by atoms with Crippen LogP contribution in [0.4, 0.5) is 0 Å². The Kier molecular flexibility index (Phi) is 9.23. The molecule has 0 fully saturated rings. The molecule has 0 unspecified atom stereocenters. The van der Waals surface area contributed by atoms with Gasteiger partial charge in [-0.1, -0.05) is 18.2 Å². The number of rotatable bonds is 0. The third-order valence-corrected chi connectivity index (χ3v) is 0.756. The van der Waals surface area contributed by atoms with Crippen molar-refractivity contribution in [3.8, 4) is 5.75 Å². The van der Waals surface area contributed by atoms with Crippen LogP contribution in [0.15, 0.2) is 30.3 Å². The molecule has 1 aromatic carbocycles. The van der Waals surface area contributed by atoms with E-state index in [1.165, 1.54) is 0 Å². The van der Waals surface area contributed by atoms with Crippen molar-refractivity contribution in [2.24, 2.45) is 0 Å². The molecule has 0 bridgehead atoms. The van der Waals surface area contributed by atoms with Gasteiger partial charge in [-0.05, 0) is 12.1 Å². The molecular formula is C6H6CaOS. The number of hydrogen-bond acceptors (Lipinski definition) is 1. The molecule has 0 heterocycles. The van der Waals surface area contributed by atoms with Crippen molar-refractivity contribution < 1.29 is 5.11 Å². The molecule has 3 heteroatoms. The van der Waals surface area contributed by atoms with Crippen LogP contribution in [-0.2, 0) is 13.5 Å². The maximum absolute atomic E-state index is 8.63. The number of hydrogen-bond donors (Lipinski definition) is 1. The molecule has 9 heavy (non-hydrogen) atoms. The maximum Gasteiger partial charge on any atom is 2.00 e. The molecule has 0 spiro atoms. The normalized spacial score (nSPS) is 6.67. The Morgan fingerprint density at radius 2 is 1.44 bits per heavy atom. The van der Waals surface area contributed by atoms with Crippen molar-refractivity contribution in [1.29, 1.82) is 0 Å². The van der Waals surface area contributed by atoms with Gasteiger partial charge >= 0.3 is 37.7 Å². The molecule has 0 aromatic heterocycles. The third-order valence-electron chi connectivity index (χ3n) is 0.756. The minimum absolute atomic E-state index is 0. The van der Waals surface area contributed by atoms with E-state index in [1.54, 1.807) is 24.3 Å². The summed E-state index contributed by atoms with van der Waals surface area (Å²) in [5, 5.41) is 8.63. The molecule has 0 saturated heterocycles. The fourth-order valence-electron chi connectivity index (χ4n) is 0.428. The zero-order valence-corrected chi connectivity index (χ0v) is 7.97. The molecule has 1 aromatic rings. The van der Waals surface area contributed by atoms with Crippen LogP contribution in [0.25, 0.3) is 0 Å². The minimum Gasteiger partial charge on any atom is -2.00 e. The van der Waals surface area contributed by atoms with Crippen LogP contribution in [0.5, 0.6) is 5.75 Å². The van der Waals surface area contributed by atoms with E-state index in [2.05, 4.69) is 0 Å². The Balaban J connectivity index is 0. The van der Waals surface area contributed by atoms with E-state index in [1.807, 2.05) is 6.07 Å². The van der Waals surface area contributed by atoms with Crippen LogP contribution in [0, 0.1) is 0 Å². The van der Waals surface area contributed by atoms with Crippen LogP contribution < -0.4 is 0 Å². The van der Waals surface area contributed by atoms with Gasteiger partial charge in [-0.3, -0.25) is 0 Å². The molecule has 0 aliphatic heterocycles. The van der Waals surface area contributed by atoms with Crippen LogP contribution in [0.3, 0.4) is 0 Å². The van der Waals surface area contributed by atoms with Gasteiger partial charge in [0, 0.05) is 0 Å². The van der Waals surface area contributed by atoms with Crippen molar-refractivity contribution in [1.82, 2.24) is 0 Å². The second-order valence-electron chi connectivity index (χ2n) is 1.34. The number of benzene rings is 1. The Labute approximate surface area is 91.5 Å². The quantitative estimate of drug-likeness (QED) is 0.570. The first-order valence-electron chi connectivity index (χ1n) is 2.13. The molecule has 0 aliphatic rings. The first-order chi connectivity index (χ1) is 3.39. The number of phenolic OH excluding ortho intramolecular Hbond substituents is 1. The first kappa shape index (κ1) is 12.3. The van der Waals surface area contributed by atoms with Crippen LogP contribution in [-0.4, -0.2) is 42.8 Å². The molecular weight excluding hydrogens is 160 g/mol. The topological polar surface area (TPSA) is 20.2 Å². The number of aromatic hydroxyl groups is 1. The standard InChI is InChI=1S/C6H6O.Ca.S/c7-6-4-2-1-3-5-6;;/h1-5,7H;;/q;+2;-2. The largest absolute Gasteiger partial charge is 2.00 e. The van der Waals surface area contributed by atoms with Crippen molar-refractivity contribution in [2.75, 3.05) is 0 Å². The maximum atomic E-state index is 8.63. The van der Waals surface area contributed by atoms with Gasteiger partial charge in [0.05, 0.1) is 0 Å². The average Bonchev–Trinajstić information content (AvgIpc) is 1.69. The zero-order chi connectivity index (χ0) is 5.11. The summed E-state index contributed by atoms with van der Waals surface area (Å²) in [6.07, 6.45) is 0. The zero-order valence-electron chi connectivity index (χ0n) is 4.95. The number of para-hydroxylation sites is 1. The molecule has 44 valence electrons. The van der Waals surface area contributed by atoms with E-state index in [0.29, 0.717) is 5.75 Å². The summed E-state index contributed by atoms with van der Waals surface area (Å²) in [5.74, 6) is 0.322. The van der Waals surface area contributed by atoms with E-state index in [4.69, 9.17) is 5.11 Å². The van der Waals surface area contributed by atoms with Gasteiger partial charge in [-0.15, -0.1) is 0 Å². The minimum atomic E-state index is 0. The van der Waals surface area contributed by atoms with Crippen LogP contribution in [0.1, 0.15) is 0 Å². The van der Waals surface area contributed by atoms with E-state index in [-0.39, 0.29) is 51.2 Å². The van der Waals surface area contributed by atoms with Crippen molar-refractivity contribution in [3.63, 3.8) is 0 Å². The predicted octanol–water partition coefficient (Wildman–Crippen LogP) is 1.01. The molecule has 0 aliphatic carbocycles. The monoisotopic (exact) mass is 166 g/mol. The van der Waals surface area contributed by atoms with Gasteiger partial charge in [0.25, 0.3) is 0 Å². The van der Waals surface area contributed by atoms with Gasteiger partial charge in [0.15, 0.2) is 0 Å². The van der Waals surface area contributed by atoms with E-state index < -0.39 is 0 Å². The van der Waals surface area contributed by atoms with Gasteiger partial charge < -0.3 is 18.6 Å². The molecule has 1 rings (SSSR count). The Hall–Kier alpha value is 0.630. The summed E-state index contributed by atoms with van der Waals surface area (Å²) in [4.78, 5) is 0. The van der Waals surface area contributed by atoms with Gasteiger partial charge in [-0.25, -0.2) is 0 Å². The number of phenols is 1. The molecule has 0 amide bonds. The smallest absolute Gasteiger partial charge is 2.00 e. The van der Waals surface area contributed by atoms with Crippen LogP contribution in [0.2, 0.25) is 0 Å². The van der Waals surface area contributed by atoms with Gasteiger partial charge in [-0.2, -0.15) is 0 Å². The van der Waals surface area contributed by atoms with Gasteiger partial charge in [0.2, 0.25) is 0 Å². The first-order valence-corrected chi connectivity index (χ1v) is 2.13. The summed E-state index contributed by atoms with van der Waals surface area (Å²) >= 11 is 0. The summed E-state index contributed by atoms with van der Waals surface area (Å²) in [7, 11) is 0. The molecule has 1 N–H and O–H groups in total. The Bertz CT molecular complexity index is 143. The fourth-order valence-corrected chi connectivity index (χ4v) is 0.428. The third kappa shape index (κ3) is 5.09. The predicted molar refractivity (Wildman–Crippen MR) is 41.2 cm³/mol. The summed E-state index contributed by atoms with van der Waals surface area (Å²) in [5.41, 5.74) is 0. The summed E-state index contributed by atoms with van der Waals surface area (Å²) in [6.45, 7) is 0. The van der Waals surface area contributed by atoms with Crippen LogP contribution >= 0.6 is 0 Å². The second-order valence-corrected chi connectivity index (χ2v) is 1.34.